The zero-order valence-electron chi connectivity index (χ0n) is 18.7. The maximum absolute atomic E-state index is 12.8. The molecule has 32 heavy (non-hydrogen) atoms. The van der Waals surface area contributed by atoms with Crippen LogP contribution in [0.3, 0.4) is 0 Å². The molecule has 0 bridgehead atoms. The van der Waals surface area contributed by atoms with Crippen LogP contribution in [-0.4, -0.2) is 31.2 Å². The quantitative estimate of drug-likeness (QED) is 0.493. The van der Waals surface area contributed by atoms with Crippen molar-refractivity contribution in [3.05, 3.63) is 77.6 Å². The molecule has 0 saturated heterocycles. The number of aromatic nitrogens is 1. The van der Waals surface area contributed by atoms with E-state index in [1.165, 1.54) is 5.56 Å². The highest BCUT2D eigenvalue weighted by atomic mass is 16.5. The van der Waals surface area contributed by atoms with E-state index in [1.54, 1.807) is 32.5 Å². The van der Waals surface area contributed by atoms with Crippen molar-refractivity contribution in [2.45, 2.75) is 32.2 Å². The third-order valence-corrected chi connectivity index (χ3v) is 5.33. The molecule has 0 spiro atoms. The van der Waals surface area contributed by atoms with Gasteiger partial charge >= 0.3 is 0 Å². The Morgan fingerprint density at radius 1 is 1.12 bits per heavy atom. The summed E-state index contributed by atoms with van der Waals surface area (Å²) in [5.41, 5.74) is 4.15. The van der Waals surface area contributed by atoms with E-state index in [0.29, 0.717) is 22.6 Å². The second-order valence-electron chi connectivity index (χ2n) is 7.60. The first-order valence-electron chi connectivity index (χ1n) is 10.6. The number of rotatable bonds is 9. The van der Waals surface area contributed by atoms with Crippen molar-refractivity contribution >= 4 is 5.91 Å². The number of benzene rings is 2. The van der Waals surface area contributed by atoms with Crippen molar-refractivity contribution in [3.8, 4) is 35.0 Å². The molecule has 1 amide bonds. The number of carbonyl (C=O) groups is 1. The molecule has 5 nitrogen and oxygen atoms in total. The molecule has 1 heterocycles. The Morgan fingerprint density at radius 2 is 1.94 bits per heavy atom. The Bertz CT molecular complexity index is 1100. The molecule has 0 fully saturated rings. The first kappa shape index (κ1) is 22.9. The van der Waals surface area contributed by atoms with Crippen LogP contribution < -0.4 is 14.8 Å². The summed E-state index contributed by atoms with van der Waals surface area (Å²) in [7, 11) is 3.19. The molecule has 164 valence electrons. The van der Waals surface area contributed by atoms with E-state index >= 15 is 0 Å². The lowest BCUT2D eigenvalue weighted by Gasteiger charge is -2.15. The molecular weight excluding hydrogens is 400 g/mol. The summed E-state index contributed by atoms with van der Waals surface area (Å²) in [4.78, 5) is 16.9. The third-order valence-electron chi connectivity index (χ3n) is 5.33. The molecule has 1 atom stereocenters. The van der Waals surface area contributed by atoms with Gasteiger partial charge in [-0.05, 0) is 73.2 Å². The molecule has 0 unspecified atom stereocenters. The van der Waals surface area contributed by atoms with Crippen molar-refractivity contribution in [3.63, 3.8) is 0 Å². The standard InChI is InChI=1S/C27H28N2O3/c1-5-21-16-23(11-13-24(21)22-12-14-25(31-3)26(17-22)32-4)27(30)29-19(2)8-6-9-20-10-7-15-28-18-20/h1,7,10-19H,6,8-9H2,2-4H3,(H,29,30)/t19-/m1/s1. The second-order valence-corrected chi connectivity index (χ2v) is 7.60. The zero-order chi connectivity index (χ0) is 22.9. The van der Waals surface area contributed by atoms with Gasteiger partial charge in [-0.1, -0.05) is 24.1 Å². The summed E-state index contributed by atoms with van der Waals surface area (Å²) in [5, 5.41) is 3.07. The van der Waals surface area contributed by atoms with Crippen LogP contribution in [0.1, 0.15) is 41.3 Å². The topological polar surface area (TPSA) is 60.5 Å². The summed E-state index contributed by atoms with van der Waals surface area (Å²) in [5.74, 6) is 3.84. The summed E-state index contributed by atoms with van der Waals surface area (Å²) in [6.07, 6.45) is 12.2. The average Bonchev–Trinajstić information content (AvgIpc) is 2.83. The number of terminal acetylenes is 1. The lowest BCUT2D eigenvalue weighted by Crippen LogP contribution is -2.32. The minimum atomic E-state index is -0.130. The van der Waals surface area contributed by atoms with E-state index in [0.717, 1.165) is 30.4 Å². The minimum Gasteiger partial charge on any atom is -0.493 e. The molecule has 1 N–H and O–H groups in total. The van der Waals surface area contributed by atoms with Crippen LogP contribution in [0.25, 0.3) is 11.1 Å². The fraction of sp³-hybridized carbons (Fsp3) is 0.259. The van der Waals surface area contributed by atoms with Crippen LogP contribution >= 0.6 is 0 Å². The molecule has 0 aliphatic carbocycles. The van der Waals surface area contributed by atoms with Crippen molar-refractivity contribution < 1.29 is 14.3 Å². The molecule has 3 aromatic rings. The van der Waals surface area contributed by atoms with Crippen LogP contribution in [0.5, 0.6) is 11.5 Å². The highest BCUT2D eigenvalue weighted by Crippen LogP contribution is 2.33. The van der Waals surface area contributed by atoms with E-state index in [2.05, 4.69) is 22.3 Å². The number of methoxy groups -OCH3 is 2. The van der Waals surface area contributed by atoms with Crippen molar-refractivity contribution in [2.75, 3.05) is 14.2 Å². The number of amides is 1. The largest absolute Gasteiger partial charge is 0.493 e. The van der Waals surface area contributed by atoms with Gasteiger partial charge in [0.15, 0.2) is 11.5 Å². The van der Waals surface area contributed by atoms with E-state index in [9.17, 15) is 4.79 Å². The average molecular weight is 429 g/mol. The monoisotopic (exact) mass is 428 g/mol. The summed E-state index contributed by atoms with van der Waals surface area (Å²) in [6.45, 7) is 2.02. The van der Waals surface area contributed by atoms with E-state index in [1.807, 2.05) is 43.5 Å². The predicted molar refractivity (Wildman–Crippen MR) is 127 cm³/mol. The first-order valence-corrected chi connectivity index (χ1v) is 10.6. The molecule has 2 aromatic carbocycles. The van der Waals surface area contributed by atoms with Crippen LogP contribution in [0, 0.1) is 12.3 Å². The molecule has 1 aromatic heterocycles. The van der Waals surface area contributed by atoms with Gasteiger partial charge in [0.2, 0.25) is 0 Å². The zero-order valence-corrected chi connectivity index (χ0v) is 18.7. The molecule has 5 heteroatoms. The van der Waals surface area contributed by atoms with Crippen molar-refractivity contribution in [1.82, 2.24) is 10.3 Å². The number of carbonyl (C=O) groups excluding carboxylic acids is 1. The Hall–Kier alpha value is -3.78. The number of nitrogens with zero attached hydrogens (tertiary/aromatic N) is 1. The Labute approximate surface area is 189 Å². The molecule has 0 radical (unpaired) electrons. The fourth-order valence-corrected chi connectivity index (χ4v) is 3.60. The predicted octanol–water partition coefficient (Wildman–Crippen LogP) is 4.89. The van der Waals surface area contributed by atoms with Crippen LogP contribution in [0.15, 0.2) is 60.9 Å². The maximum Gasteiger partial charge on any atom is 0.251 e. The van der Waals surface area contributed by atoms with Gasteiger partial charge in [-0.25, -0.2) is 0 Å². The molecular formula is C27H28N2O3. The van der Waals surface area contributed by atoms with E-state index in [-0.39, 0.29) is 11.9 Å². The fourth-order valence-electron chi connectivity index (χ4n) is 3.60. The number of ether oxygens (including phenoxy) is 2. The van der Waals surface area contributed by atoms with Crippen LogP contribution in [0.2, 0.25) is 0 Å². The Balaban J connectivity index is 1.67. The number of hydrogen-bond donors (Lipinski definition) is 1. The van der Waals surface area contributed by atoms with Gasteiger partial charge in [0.1, 0.15) is 0 Å². The number of hydrogen-bond acceptors (Lipinski definition) is 4. The summed E-state index contributed by atoms with van der Waals surface area (Å²) in [6, 6.07) is 15.1. The van der Waals surface area contributed by atoms with Gasteiger partial charge in [-0.3, -0.25) is 9.78 Å². The SMILES string of the molecule is C#Cc1cc(C(=O)N[C@H](C)CCCc2cccnc2)ccc1-c1ccc(OC)c(OC)c1. The van der Waals surface area contributed by atoms with Crippen LogP contribution in [0.4, 0.5) is 0 Å². The minimum absolute atomic E-state index is 0.0546. The van der Waals surface area contributed by atoms with Crippen molar-refractivity contribution in [1.29, 1.82) is 0 Å². The van der Waals surface area contributed by atoms with Gasteiger partial charge in [0.25, 0.3) is 5.91 Å². The van der Waals surface area contributed by atoms with Crippen molar-refractivity contribution in [2.24, 2.45) is 0 Å². The number of pyridine rings is 1. The van der Waals surface area contributed by atoms with Gasteiger partial charge in [-0.2, -0.15) is 0 Å². The molecule has 3 rings (SSSR count). The third kappa shape index (κ3) is 5.67. The van der Waals surface area contributed by atoms with E-state index in [4.69, 9.17) is 15.9 Å². The Kier molecular flexibility index (Phi) is 7.88. The van der Waals surface area contributed by atoms with Gasteiger partial charge in [0, 0.05) is 29.6 Å². The van der Waals surface area contributed by atoms with Crippen LogP contribution in [-0.2, 0) is 6.42 Å². The lowest BCUT2D eigenvalue weighted by atomic mass is 9.97. The highest BCUT2D eigenvalue weighted by Gasteiger charge is 2.14. The number of aryl methyl sites for hydroxylation is 1. The van der Waals surface area contributed by atoms with E-state index < -0.39 is 0 Å². The van der Waals surface area contributed by atoms with Gasteiger partial charge in [0.05, 0.1) is 14.2 Å². The smallest absolute Gasteiger partial charge is 0.251 e. The summed E-state index contributed by atoms with van der Waals surface area (Å²) >= 11 is 0. The normalized spacial score (nSPS) is 11.3. The second kappa shape index (κ2) is 11.0. The maximum atomic E-state index is 12.8. The van der Waals surface area contributed by atoms with Gasteiger partial charge in [-0.15, -0.1) is 6.42 Å². The number of nitrogens with one attached hydrogen (secondary N) is 1. The lowest BCUT2D eigenvalue weighted by molar-refractivity contribution is 0.0938. The first-order chi connectivity index (χ1) is 15.5. The van der Waals surface area contributed by atoms with Gasteiger partial charge < -0.3 is 14.8 Å². The summed E-state index contributed by atoms with van der Waals surface area (Å²) < 4.78 is 10.7. The Morgan fingerprint density at radius 3 is 2.62 bits per heavy atom. The molecule has 0 aliphatic rings. The highest BCUT2D eigenvalue weighted by molar-refractivity contribution is 5.95. The molecule has 0 saturated carbocycles. The molecule has 0 aliphatic heterocycles.